The van der Waals surface area contributed by atoms with Gasteiger partial charge < -0.3 is 24.3 Å². The average molecular weight is 460 g/mol. The Morgan fingerprint density at radius 2 is 1.78 bits per heavy atom. The van der Waals surface area contributed by atoms with Gasteiger partial charge in [-0.3, -0.25) is 0 Å². The first-order valence-corrected chi connectivity index (χ1v) is 11.7. The summed E-state index contributed by atoms with van der Waals surface area (Å²) in [5, 5.41) is 1.34. The smallest absolute Gasteiger partial charge is 0.408 e. The molecule has 0 aromatic heterocycles. The van der Waals surface area contributed by atoms with Gasteiger partial charge in [-0.2, -0.15) is 0 Å². The van der Waals surface area contributed by atoms with E-state index in [0.29, 0.717) is 23.3 Å². The lowest BCUT2D eigenvalue weighted by molar-refractivity contribution is -0.110. The van der Waals surface area contributed by atoms with E-state index in [1.165, 1.54) is 12.1 Å². The van der Waals surface area contributed by atoms with Crippen molar-refractivity contribution >= 4 is 22.2 Å². The zero-order valence-corrected chi connectivity index (χ0v) is 19.1. The summed E-state index contributed by atoms with van der Waals surface area (Å²) in [4.78, 5) is 25.0. The normalized spacial score (nSPS) is 24.0. The second kappa shape index (κ2) is 7.51. The van der Waals surface area contributed by atoms with Crippen molar-refractivity contribution in [3.05, 3.63) is 53.6 Å². The molecule has 1 N–H and O–H groups in total. The van der Waals surface area contributed by atoms with Crippen LogP contribution >= 0.6 is 0 Å². The van der Waals surface area contributed by atoms with Crippen LogP contribution < -0.4 is 14.8 Å². The van der Waals surface area contributed by atoms with E-state index in [-0.39, 0.29) is 11.7 Å². The van der Waals surface area contributed by atoms with Crippen LogP contribution in [0.25, 0.3) is 0 Å². The molecule has 4 rings (SSSR count). The molecule has 0 bridgehead atoms. The van der Waals surface area contributed by atoms with Gasteiger partial charge in [-0.25, -0.2) is 13.2 Å². The highest BCUT2D eigenvalue weighted by Gasteiger charge is 2.73. The van der Waals surface area contributed by atoms with Crippen LogP contribution in [0.15, 0.2) is 47.4 Å². The van der Waals surface area contributed by atoms with Crippen LogP contribution in [0.4, 0.5) is 4.79 Å². The van der Waals surface area contributed by atoms with E-state index in [4.69, 9.17) is 14.2 Å². The monoisotopic (exact) mass is 459 g/mol. The highest BCUT2D eigenvalue weighted by atomic mass is 32.2. The minimum absolute atomic E-state index is 0.0591. The summed E-state index contributed by atoms with van der Waals surface area (Å²) >= 11 is 0. The molecule has 3 atom stereocenters. The Hall–Kier alpha value is -3.07. The third-order valence-corrected chi connectivity index (χ3v) is 7.79. The number of carbonyl (C=O) groups excluding carboxylic acids is 2. The zero-order chi connectivity index (χ0) is 23.3. The quantitative estimate of drug-likeness (QED) is 0.685. The maximum Gasteiger partial charge on any atom is 0.408 e. The highest BCUT2D eigenvalue weighted by Crippen LogP contribution is 2.57. The molecule has 0 unspecified atom stereocenters. The lowest BCUT2D eigenvalue weighted by Crippen LogP contribution is -2.45. The van der Waals surface area contributed by atoms with E-state index in [0.717, 1.165) is 5.56 Å². The molecule has 32 heavy (non-hydrogen) atoms. The first-order chi connectivity index (χ1) is 15.0. The lowest BCUT2D eigenvalue weighted by Gasteiger charge is -2.22. The van der Waals surface area contributed by atoms with E-state index in [2.05, 4.69) is 5.32 Å². The summed E-state index contributed by atoms with van der Waals surface area (Å²) in [7, 11) is -3.98. The number of hydrogen-bond acceptors (Lipinski definition) is 7. The van der Waals surface area contributed by atoms with Crippen LogP contribution in [0.1, 0.15) is 37.8 Å². The van der Waals surface area contributed by atoms with Crippen molar-refractivity contribution < 1.29 is 32.2 Å². The number of nitrogens with one attached hydrogen (secondary N) is 1. The standard InChI is InChI=1S/C23H25NO7S/c1-14-5-8-16(9-6-14)32(27,28)20-19(15-7-10-17-18(11-15)30-13-29-17)23(20,12-25)24-21(26)31-22(2,3)4/h5-12,19-20H,13H2,1-4H3,(H,24,26)/t19-,20-,23+/m0/s1. The van der Waals surface area contributed by atoms with Crippen molar-refractivity contribution in [2.75, 3.05) is 6.79 Å². The molecule has 1 aliphatic heterocycles. The number of aryl methyl sites for hydroxylation is 1. The molecule has 1 fully saturated rings. The Morgan fingerprint density at radius 3 is 2.41 bits per heavy atom. The number of ether oxygens (including phenoxy) is 3. The van der Waals surface area contributed by atoms with Crippen LogP contribution in [0.2, 0.25) is 0 Å². The van der Waals surface area contributed by atoms with Gasteiger partial charge >= 0.3 is 6.09 Å². The van der Waals surface area contributed by atoms with Gasteiger partial charge in [0, 0.05) is 5.92 Å². The SMILES string of the molecule is Cc1ccc(S(=O)(=O)[C@H]2[C@H](c3ccc4c(c3)OCO4)[C@@]2(C=O)NC(=O)OC(C)(C)C)cc1. The Kier molecular flexibility index (Phi) is 5.20. The number of alkyl carbamates (subject to hydrolysis) is 1. The molecular weight excluding hydrogens is 434 g/mol. The van der Waals surface area contributed by atoms with Gasteiger partial charge in [-0.1, -0.05) is 23.8 Å². The predicted octanol–water partition coefficient (Wildman–Crippen LogP) is 3.13. The molecule has 1 amide bonds. The number of hydrogen-bond donors (Lipinski definition) is 1. The van der Waals surface area contributed by atoms with Crippen LogP contribution in [0.5, 0.6) is 11.5 Å². The van der Waals surface area contributed by atoms with Crippen LogP contribution in [-0.4, -0.2) is 44.0 Å². The second-order valence-electron chi connectivity index (χ2n) is 9.05. The van der Waals surface area contributed by atoms with Gasteiger partial charge in [0.15, 0.2) is 21.3 Å². The maximum absolute atomic E-state index is 13.6. The van der Waals surface area contributed by atoms with Crippen molar-refractivity contribution in [1.82, 2.24) is 5.32 Å². The van der Waals surface area contributed by atoms with E-state index < -0.39 is 38.2 Å². The van der Waals surface area contributed by atoms with Crippen LogP contribution in [0, 0.1) is 6.92 Å². The fourth-order valence-electron chi connectivity index (χ4n) is 4.04. The molecule has 2 aromatic carbocycles. The molecule has 9 heteroatoms. The van der Waals surface area contributed by atoms with E-state index >= 15 is 0 Å². The number of sulfone groups is 1. The highest BCUT2D eigenvalue weighted by molar-refractivity contribution is 7.92. The fourth-order valence-corrected chi connectivity index (χ4v) is 6.29. The Labute approximate surface area is 186 Å². The third-order valence-electron chi connectivity index (χ3n) is 5.53. The number of carbonyl (C=O) groups is 2. The van der Waals surface area contributed by atoms with E-state index in [1.807, 2.05) is 6.92 Å². The third kappa shape index (κ3) is 3.81. The molecule has 0 saturated heterocycles. The van der Waals surface area contributed by atoms with Crippen LogP contribution in [-0.2, 0) is 19.4 Å². The minimum atomic E-state index is -3.98. The molecule has 0 spiro atoms. The Morgan fingerprint density at radius 1 is 1.12 bits per heavy atom. The van der Waals surface area contributed by atoms with Crippen molar-refractivity contribution in [3.63, 3.8) is 0 Å². The fraction of sp³-hybridized carbons (Fsp3) is 0.391. The largest absolute Gasteiger partial charge is 0.454 e. The molecule has 1 heterocycles. The van der Waals surface area contributed by atoms with Gasteiger partial charge in [0.25, 0.3) is 0 Å². The summed E-state index contributed by atoms with van der Waals surface area (Å²) in [5.74, 6) is 0.162. The summed E-state index contributed by atoms with van der Waals surface area (Å²) in [6.07, 6.45) is -0.375. The Balaban J connectivity index is 1.76. The second-order valence-corrected chi connectivity index (χ2v) is 11.1. The number of benzene rings is 2. The summed E-state index contributed by atoms with van der Waals surface area (Å²) in [5.41, 5.74) is -1.05. The van der Waals surface area contributed by atoms with Crippen molar-refractivity contribution in [1.29, 1.82) is 0 Å². The minimum Gasteiger partial charge on any atom is -0.454 e. The van der Waals surface area contributed by atoms with Crippen molar-refractivity contribution in [2.24, 2.45) is 0 Å². The van der Waals surface area contributed by atoms with Gasteiger partial charge in [-0.05, 0) is 57.5 Å². The van der Waals surface area contributed by atoms with Gasteiger partial charge in [0.2, 0.25) is 6.79 Å². The van der Waals surface area contributed by atoms with Gasteiger partial charge in [-0.15, -0.1) is 0 Å². The first kappa shape index (κ1) is 22.1. The average Bonchev–Trinajstić information content (AvgIpc) is 3.13. The summed E-state index contributed by atoms with van der Waals surface area (Å²) < 4.78 is 43.2. The molecule has 1 aliphatic carbocycles. The summed E-state index contributed by atoms with van der Waals surface area (Å²) in [6.45, 7) is 6.96. The van der Waals surface area contributed by atoms with Gasteiger partial charge in [0.05, 0.1) is 4.90 Å². The van der Waals surface area contributed by atoms with Crippen LogP contribution in [0.3, 0.4) is 0 Å². The lowest BCUT2D eigenvalue weighted by atomic mass is 10.1. The maximum atomic E-state index is 13.6. The molecule has 170 valence electrons. The molecular formula is C23H25NO7S. The molecule has 2 aliphatic rings. The van der Waals surface area contributed by atoms with Crippen molar-refractivity contribution in [2.45, 2.75) is 54.9 Å². The molecule has 1 saturated carbocycles. The van der Waals surface area contributed by atoms with Crippen molar-refractivity contribution in [3.8, 4) is 11.5 Å². The zero-order valence-electron chi connectivity index (χ0n) is 18.2. The summed E-state index contributed by atoms with van der Waals surface area (Å²) in [6, 6.07) is 11.4. The number of rotatable bonds is 5. The van der Waals surface area contributed by atoms with E-state index in [1.54, 1.807) is 51.1 Å². The molecule has 8 nitrogen and oxygen atoms in total. The van der Waals surface area contributed by atoms with E-state index in [9.17, 15) is 18.0 Å². The topological polar surface area (TPSA) is 108 Å². The molecule has 0 radical (unpaired) electrons. The number of amides is 1. The molecule has 2 aromatic rings. The predicted molar refractivity (Wildman–Crippen MR) is 116 cm³/mol. The number of fused-ring (bicyclic) bond motifs is 1. The Bertz CT molecular complexity index is 1170. The first-order valence-electron chi connectivity index (χ1n) is 10.2. The number of aldehydes is 1. The van der Waals surface area contributed by atoms with Gasteiger partial charge in [0.1, 0.15) is 22.7 Å².